The molecule has 1 amide bonds. The van der Waals surface area contributed by atoms with Crippen LogP contribution in [0.5, 0.6) is 0 Å². The Hall–Kier alpha value is -1.88. The number of rotatable bonds is 4. The number of carbonyl (C=O) groups is 1. The minimum atomic E-state index is -0.218. The van der Waals surface area contributed by atoms with Gasteiger partial charge in [-0.3, -0.25) is 9.78 Å². The standard InChI is InChI=1S/C16H18BrN3O/c1-10(2)19-13-6-7-18-15(9-13)16(21)20-12-4-5-14(17)11(3)8-12/h4-10H,1-3H3,(H,18,19)(H,20,21). The number of carbonyl (C=O) groups excluding carboxylic acids is 1. The zero-order valence-electron chi connectivity index (χ0n) is 12.3. The number of aryl methyl sites for hydroxylation is 1. The lowest BCUT2D eigenvalue weighted by atomic mass is 10.2. The highest BCUT2D eigenvalue weighted by Crippen LogP contribution is 2.20. The smallest absolute Gasteiger partial charge is 0.274 e. The molecule has 4 nitrogen and oxygen atoms in total. The molecular formula is C16H18BrN3O. The van der Waals surface area contributed by atoms with Crippen molar-refractivity contribution in [2.24, 2.45) is 0 Å². The number of anilines is 2. The van der Waals surface area contributed by atoms with Crippen molar-refractivity contribution in [2.75, 3.05) is 10.6 Å². The van der Waals surface area contributed by atoms with Crippen LogP contribution < -0.4 is 10.6 Å². The van der Waals surface area contributed by atoms with Crippen molar-refractivity contribution in [3.63, 3.8) is 0 Å². The Morgan fingerprint density at radius 1 is 1.19 bits per heavy atom. The van der Waals surface area contributed by atoms with E-state index in [0.717, 1.165) is 21.4 Å². The van der Waals surface area contributed by atoms with E-state index in [1.54, 1.807) is 12.3 Å². The highest BCUT2D eigenvalue weighted by Gasteiger charge is 2.09. The highest BCUT2D eigenvalue weighted by molar-refractivity contribution is 9.10. The van der Waals surface area contributed by atoms with E-state index in [4.69, 9.17) is 0 Å². The van der Waals surface area contributed by atoms with Crippen LogP contribution in [0.3, 0.4) is 0 Å². The number of nitrogens with zero attached hydrogens (tertiary/aromatic N) is 1. The van der Waals surface area contributed by atoms with Gasteiger partial charge in [-0.25, -0.2) is 0 Å². The van der Waals surface area contributed by atoms with Crippen molar-refractivity contribution < 1.29 is 4.79 Å². The van der Waals surface area contributed by atoms with Crippen LogP contribution in [0, 0.1) is 6.92 Å². The van der Waals surface area contributed by atoms with Crippen molar-refractivity contribution in [1.29, 1.82) is 0 Å². The molecule has 0 saturated carbocycles. The monoisotopic (exact) mass is 347 g/mol. The Kier molecular flexibility index (Phi) is 4.96. The summed E-state index contributed by atoms with van der Waals surface area (Å²) in [5, 5.41) is 6.11. The minimum Gasteiger partial charge on any atom is -0.383 e. The van der Waals surface area contributed by atoms with Gasteiger partial charge in [0.05, 0.1) is 0 Å². The molecule has 0 aliphatic rings. The van der Waals surface area contributed by atoms with E-state index in [2.05, 4.69) is 31.5 Å². The maximum absolute atomic E-state index is 12.2. The second-order valence-corrected chi connectivity index (χ2v) is 6.00. The normalized spacial score (nSPS) is 10.5. The van der Waals surface area contributed by atoms with Gasteiger partial charge < -0.3 is 10.6 Å². The molecule has 0 unspecified atom stereocenters. The predicted octanol–water partition coefficient (Wildman–Crippen LogP) is 4.23. The van der Waals surface area contributed by atoms with Gasteiger partial charge >= 0.3 is 0 Å². The van der Waals surface area contributed by atoms with Gasteiger partial charge in [0, 0.05) is 28.1 Å². The summed E-state index contributed by atoms with van der Waals surface area (Å²) in [6.07, 6.45) is 1.63. The van der Waals surface area contributed by atoms with Crippen LogP contribution >= 0.6 is 15.9 Å². The Labute approximate surface area is 133 Å². The molecule has 0 aliphatic carbocycles. The van der Waals surface area contributed by atoms with Crippen molar-refractivity contribution in [3.8, 4) is 0 Å². The molecule has 110 valence electrons. The number of benzene rings is 1. The topological polar surface area (TPSA) is 54.0 Å². The summed E-state index contributed by atoms with van der Waals surface area (Å²) in [5.41, 5.74) is 3.10. The first kappa shape index (κ1) is 15.5. The Morgan fingerprint density at radius 3 is 2.62 bits per heavy atom. The van der Waals surface area contributed by atoms with Crippen LogP contribution in [0.15, 0.2) is 41.0 Å². The van der Waals surface area contributed by atoms with Crippen LogP contribution in [0.2, 0.25) is 0 Å². The fourth-order valence-electron chi connectivity index (χ4n) is 1.90. The van der Waals surface area contributed by atoms with Crippen LogP contribution in [-0.2, 0) is 0 Å². The van der Waals surface area contributed by atoms with E-state index >= 15 is 0 Å². The van der Waals surface area contributed by atoms with Crippen LogP contribution in [0.25, 0.3) is 0 Å². The lowest BCUT2D eigenvalue weighted by molar-refractivity contribution is 0.102. The molecule has 5 heteroatoms. The number of aromatic nitrogens is 1. The van der Waals surface area contributed by atoms with E-state index in [0.29, 0.717) is 11.7 Å². The van der Waals surface area contributed by atoms with Crippen molar-refractivity contribution >= 4 is 33.2 Å². The van der Waals surface area contributed by atoms with E-state index < -0.39 is 0 Å². The Balaban J connectivity index is 2.14. The summed E-state index contributed by atoms with van der Waals surface area (Å²) in [5.74, 6) is -0.218. The van der Waals surface area contributed by atoms with E-state index in [-0.39, 0.29) is 5.91 Å². The van der Waals surface area contributed by atoms with Gasteiger partial charge in [-0.15, -0.1) is 0 Å². The maximum atomic E-state index is 12.2. The van der Waals surface area contributed by atoms with E-state index in [9.17, 15) is 4.79 Å². The minimum absolute atomic E-state index is 0.218. The van der Waals surface area contributed by atoms with Gasteiger partial charge in [0.2, 0.25) is 0 Å². The number of amides is 1. The molecule has 21 heavy (non-hydrogen) atoms. The summed E-state index contributed by atoms with van der Waals surface area (Å²) in [7, 11) is 0. The fourth-order valence-corrected chi connectivity index (χ4v) is 2.14. The molecular weight excluding hydrogens is 330 g/mol. The molecule has 0 aliphatic heterocycles. The zero-order chi connectivity index (χ0) is 15.4. The molecule has 2 aromatic rings. The van der Waals surface area contributed by atoms with Crippen LogP contribution in [0.1, 0.15) is 29.9 Å². The van der Waals surface area contributed by atoms with Gasteiger partial charge in [-0.2, -0.15) is 0 Å². The van der Waals surface area contributed by atoms with Gasteiger partial charge in [-0.05, 0) is 56.7 Å². The molecule has 1 heterocycles. The molecule has 0 saturated heterocycles. The predicted molar refractivity (Wildman–Crippen MR) is 89.8 cm³/mol. The van der Waals surface area contributed by atoms with E-state index in [1.807, 2.05) is 45.0 Å². The molecule has 0 bridgehead atoms. The third kappa shape index (κ3) is 4.29. The molecule has 0 spiro atoms. The average Bonchev–Trinajstić information content (AvgIpc) is 2.42. The summed E-state index contributed by atoms with van der Waals surface area (Å²) < 4.78 is 1.02. The molecule has 0 radical (unpaired) electrons. The van der Waals surface area contributed by atoms with Crippen molar-refractivity contribution in [1.82, 2.24) is 4.98 Å². The van der Waals surface area contributed by atoms with Crippen molar-refractivity contribution in [2.45, 2.75) is 26.8 Å². The third-order valence-electron chi connectivity index (χ3n) is 2.86. The average molecular weight is 348 g/mol. The number of pyridine rings is 1. The summed E-state index contributed by atoms with van der Waals surface area (Å²) >= 11 is 3.44. The first-order valence-electron chi connectivity index (χ1n) is 6.76. The zero-order valence-corrected chi connectivity index (χ0v) is 13.9. The Morgan fingerprint density at radius 2 is 1.95 bits per heavy atom. The van der Waals surface area contributed by atoms with Gasteiger partial charge in [0.15, 0.2) is 0 Å². The molecule has 1 aromatic carbocycles. The SMILES string of the molecule is Cc1cc(NC(=O)c2cc(NC(C)C)ccn2)ccc1Br. The quantitative estimate of drug-likeness (QED) is 0.870. The number of halogens is 1. The number of nitrogens with one attached hydrogen (secondary N) is 2. The molecule has 1 aromatic heterocycles. The first-order valence-corrected chi connectivity index (χ1v) is 7.55. The molecule has 0 fully saturated rings. The van der Waals surface area contributed by atoms with Gasteiger partial charge in [0.25, 0.3) is 5.91 Å². The second kappa shape index (κ2) is 6.72. The largest absolute Gasteiger partial charge is 0.383 e. The van der Waals surface area contributed by atoms with Crippen LogP contribution in [0.4, 0.5) is 11.4 Å². The maximum Gasteiger partial charge on any atom is 0.274 e. The second-order valence-electron chi connectivity index (χ2n) is 5.15. The van der Waals surface area contributed by atoms with Crippen LogP contribution in [-0.4, -0.2) is 16.9 Å². The highest BCUT2D eigenvalue weighted by atomic mass is 79.9. The van der Waals surface area contributed by atoms with Crippen molar-refractivity contribution in [3.05, 3.63) is 52.3 Å². The van der Waals surface area contributed by atoms with Gasteiger partial charge in [0.1, 0.15) is 5.69 Å². The Bertz CT molecular complexity index is 656. The summed E-state index contributed by atoms with van der Waals surface area (Å²) in [6, 6.07) is 9.58. The fraction of sp³-hybridized carbons (Fsp3) is 0.250. The van der Waals surface area contributed by atoms with E-state index in [1.165, 1.54) is 0 Å². The lowest BCUT2D eigenvalue weighted by Crippen LogP contribution is -2.15. The molecule has 2 rings (SSSR count). The summed E-state index contributed by atoms with van der Waals surface area (Å²) in [6.45, 7) is 6.07. The lowest BCUT2D eigenvalue weighted by Gasteiger charge is -2.11. The molecule has 0 atom stereocenters. The molecule has 2 N–H and O–H groups in total. The summed E-state index contributed by atoms with van der Waals surface area (Å²) in [4.78, 5) is 16.4. The third-order valence-corrected chi connectivity index (χ3v) is 3.75. The van der Waals surface area contributed by atoms with Gasteiger partial charge in [-0.1, -0.05) is 15.9 Å². The number of hydrogen-bond donors (Lipinski definition) is 2. The first-order chi connectivity index (χ1) is 9.95. The number of hydrogen-bond acceptors (Lipinski definition) is 3.